The van der Waals surface area contributed by atoms with E-state index in [0.717, 1.165) is 0 Å². The highest BCUT2D eigenvalue weighted by molar-refractivity contribution is 6.01. The van der Waals surface area contributed by atoms with E-state index in [4.69, 9.17) is 4.74 Å². The number of hydrogen-bond acceptors (Lipinski definition) is 4. The summed E-state index contributed by atoms with van der Waals surface area (Å²) in [5, 5.41) is 12.1. The number of anilines is 1. The Hall–Kier alpha value is -2.66. The molecule has 0 aliphatic carbocycles. The van der Waals surface area contributed by atoms with Crippen molar-refractivity contribution in [2.24, 2.45) is 0 Å². The van der Waals surface area contributed by atoms with Gasteiger partial charge in [0.1, 0.15) is 5.75 Å². The summed E-state index contributed by atoms with van der Waals surface area (Å²) in [6, 6.07) is 10.6. The van der Waals surface area contributed by atoms with Gasteiger partial charge < -0.3 is 15.2 Å². The van der Waals surface area contributed by atoms with Crippen LogP contribution in [0.5, 0.6) is 5.75 Å². The molecule has 0 saturated carbocycles. The number of aliphatic hydroxyl groups excluding tert-OH is 1. The first-order chi connectivity index (χ1) is 10.7. The van der Waals surface area contributed by atoms with Gasteiger partial charge >= 0.3 is 0 Å². The lowest BCUT2D eigenvalue weighted by Gasteiger charge is -2.10. The van der Waals surface area contributed by atoms with Crippen molar-refractivity contribution < 1.29 is 14.6 Å². The molecule has 1 amide bonds. The van der Waals surface area contributed by atoms with Crippen molar-refractivity contribution >= 4 is 17.7 Å². The average molecular weight is 298 g/mol. The normalized spacial score (nSPS) is 10.6. The Kier molecular flexibility index (Phi) is 5.68. The lowest BCUT2D eigenvalue weighted by Crippen LogP contribution is -2.08. The number of pyridine rings is 1. The van der Waals surface area contributed by atoms with E-state index in [2.05, 4.69) is 10.3 Å². The van der Waals surface area contributed by atoms with Crippen molar-refractivity contribution in [2.75, 3.05) is 11.9 Å². The second-order valence-electron chi connectivity index (χ2n) is 4.49. The van der Waals surface area contributed by atoms with E-state index in [1.165, 1.54) is 6.08 Å². The van der Waals surface area contributed by atoms with Gasteiger partial charge in [-0.1, -0.05) is 6.07 Å². The van der Waals surface area contributed by atoms with Crippen molar-refractivity contribution in [3.05, 3.63) is 59.9 Å². The summed E-state index contributed by atoms with van der Waals surface area (Å²) in [5.41, 5.74) is 1.94. The molecule has 22 heavy (non-hydrogen) atoms. The van der Waals surface area contributed by atoms with Crippen LogP contribution in [0, 0.1) is 0 Å². The van der Waals surface area contributed by atoms with Gasteiger partial charge in [-0.3, -0.25) is 9.78 Å². The van der Waals surface area contributed by atoms with Crippen LogP contribution in [0.1, 0.15) is 18.2 Å². The molecule has 0 unspecified atom stereocenters. The Morgan fingerprint density at radius 2 is 2.23 bits per heavy atom. The Bertz CT molecular complexity index is 654. The van der Waals surface area contributed by atoms with Gasteiger partial charge in [0.2, 0.25) is 5.91 Å². The molecule has 0 atom stereocenters. The van der Waals surface area contributed by atoms with Gasteiger partial charge in [-0.15, -0.1) is 0 Å². The first-order valence-electron chi connectivity index (χ1n) is 6.99. The van der Waals surface area contributed by atoms with E-state index in [1.54, 1.807) is 30.5 Å². The quantitative estimate of drug-likeness (QED) is 0.804. The molecule has 0 aliphatic heterocycles. The fraction of sp³-hybridized carbons (Fsp3) is 0.176. The maximum Gasteiger partial charge on any atom is 0.248 e. The molecule has 5 nitrogen and oxygen atoms in total. The molecule has 0 spiro atoms. The number of aromatic nitrogens is 1. The van der Waals surface area contributed by atoms with E-state index >= 15 is 0 Å². The smallest absolute Gasteiger partial charge is 0.248 e. The Morgan fingerprint density at radius 1 is 1.36 bits per heavy atom. The number of nitrogens with zero attached hydrogens (tertiary/aromatic N) is 1. The minimum absolute atomic E-state index is 0.150. The SMILES string of the molecule is CCOc1ccc(NC(=O)/C=C/c2ccccn2)cc1CO. The summed E-state index contributed by atoms with van der Waals surface area (Å²) in [4.78, 5) is 16.0. The number of nitrogens with one attached hydrogen (secondary N) is 1. The predicted molar refractivity (Wildman–Crippen MR) is 85.4 cm³/mol. The van der Waals surface area contributed by atoms with Crippen molar-refractivity contribution in [3.63, 3.8) is 0 Å². The molecule has 2 rings (SSSR count). The number of aliphatic hydroxyl groups is 1. The Morgan fingerprint density at radius 3 is 2.91 bits per heavy atom. The highest BCUT2D eigenvalue weighted by atomic mass is 16.5. The summed E-state index contributed by atoms with van der Waals surface area (Å²) < 4.78 is 5.40. The summed E-state index contributed by atoms with van der Waals surface area (Å²) in [5.74, 6) is 0.353. The number of carbonyl (C=O) groups is 1. The Labute approximate surface area is 129 Å². The summed E-state index contributed by atoms with van der Waals surface area (Å²) in [6.45, 7) is 2.24. The van der Waals surface area contributed by atoms with E-state index in [0.29, 0.717) is 29.3 Å². The van der Waals surface area contributed by atoms with Crippen LogP contribution < -0.4 is 10.1 Å². The average Bonchev–Trinajstić information content (AvgIpc) is 2.55. The van der Waals surface area contributed by atoms with Crippen LogP contribution in [0.4, 0.5) is 5.69 Å². The van der Waals surface area contributed by atoms with Gasteiger partial charge in [0.15, 0.2) is 0 Å². The number of rotatable bonds is 6. The fourth-order valence-corrected chi connectivity index (χ4v) is 1.90. The van der Waals surface area contributed by atoms with Gasteiger partial charge in [0, 0.05) is 23.5 Å². The second-order valence-corrected chi connectivity index (χ2v) is 4.49. The number of amides is 1. The number of ether oxygens (including phenoxy) is 1. The van der Waals surface area contributed by atoms with Crippen LogP contribution in [-0.2, 0) is 11.4 Å². The zero-order valence-electron chi connectivity index (χ0n) is 12.3. The van der Waals surface area contributed by atoms with Gasteiger partial charge in [-0.2, -0.15) is 0 Å². The van der Waals surface area contributed by atoms with Crippen molar-refractivity contribution in [1.29, 1.82) is 0 Å². The third kappa shape index (κ3) is 4.43. The topological polar surface area (TPSA) is 71.5 Å². The van der Waals surface area contributed by atoms with Gasteiger partial charge in [-0.05, 0) is 43.3 Å². The fourth-order valence-electron chi connectivity index (χ4n) is 1.90. The van der Waals surface area contributed by atoms with Crippen LogP contribution in [0.25, 0.3) is 6.08 Å². The van der Waals surface area contributed by atoms with Crippen molar-refractivity contribution in [1.82, 2.24) is 4.98 Å². The van der Waals surface area contributed by atoms with Crippen LogP contribution in [-0.4, -0.2) is 22.6 Å². The second kappa shape index (κ2) is 7.95. The molecule has 114 valence electrons. The van der Waals surface area contributed by atoms with Crippen molar-refractivity contribution in [2.45, 2.75) is 13.5 Å². The molecule has 2 aromatic rings. The molecule has 1 aromatic heterocycles. The molecule has 5 heteroatoms. The van der Waals surface area contributed by atoms with Gasteiger partial charge in [-0.25, -0.2) is 0 Å². The van der Waals surface area contributed by atoms with Gasteiger partial charge in [0.25, 0.3) is 0 Å². The van der Waals surface area contributed by atoms with E-state index in [-0.39, 0.29) is 12.5 Å². The molecule has 0 saturated heterocycles. The molecule has 0 fully saturated rings. The van der Waals surface area contributed by atoms with E-state index in [9.17, 15) is 9.90 Å². The van der Waals surface area contributed by atoms with Crippen LogP contribution in [0.15, 0.2) is 48.7 Å². The van der Waals surface area contributed by atoms with Crippen LogP contribution in [0.2, 0.25) is 0 Å². The highest BCUT2D eigenvalue weighted by Gasteiger charge is 2.05. The number of benzene rings is 1. The maximum atomic E-state index is 11.9. The first kappa shape index (κ1) is 15.7. The number of carbonyl (C=O) groups excluding carboxylic acids is 1. The van der Waals surface area contributed by atoms with Gasteiger partial charge in [0.05, 0.1) is 18.9 Å². The molecule has 1 aromatic carbocycles. The minimum atomic E-state index is -0.265. The third-order valence-electron chi connectivity index (χ3n) is 2.89. The summed E-state index contributed by atoms with van der Waals surface area (Å²) >= 11 is 0. The van der Waals surface area contributed by atoms with E-state index < -0.39 is 0 Å². The molecular formula is C17H18N2O3. The minimum Gasteiger partial charge on any atom is -0.494 e. The Balaban J connectivity index is 2.04. The molecule has 0 bridgehead atoms. The first-order valence-corrected chi connectivity index (χ1v) is 6.99. The van der Waals surface area contributed by atoms with Crippen LogP contribution >= 0.6 is 0 Å². The maximum absolute atomic E-state index is 11.9. The number of hydrogen-bond donors (Lipinski definition) is 2. The molecule has 1 heterocycles. The zero-order chi connectivity index (χ0) is 15.8. The summed E-state index contributed by atoms with van der Waals surface area (Å²) in [6.07, 6.45) is 4.71. The predicted octanol–water partition coefficient (Wildman–Crippen LogP) is 2.62. The zero-order valence-corrected chi connectivity index (χ0v) is 12.3. The largest absolute Gasteiger partial charge is 0.494 e. The lowest BCUT2D eigenvalue weighted by molar-refractivity contribution is -0.111. The molecule has 0 radical (unpaired) electrons. The lowest BCUT2D eigenvalue weighted by atomic mass is 10.2. The van der Waals surface area contributed by atoms with Crippen LogP contribution in [0.3, 0.4) is 0 Å². The molecule has 2 N–H and O–H groups in total. The van der Waals surface area contributed by atoms with E-state index in [1.807, 2.05) is 25.1 Å². The van der Waals surface area contributed by atoms with Crippen molar-refractivity contribution in [3.8, 4) is 5.75 Å². The standard InChI is InChI=1S/C17H18N2O3/c1-2-22-16-8-6-15(11-13(16)12-20)19-17(21)9-7-14-5-3-4-10-18-14/h3-11,20H,2,12H2,1H3,(H,19,21)/b9-7+. The molecular weight excluding hydrogens is 280 g/mol. The summed E-state index contributed by atoms with van der Waals surface area (Å²) in [7, 11) is 0. The third-order valence-corrected chi connectivity index (χ3v) is 2.89. The highest BCUT2D eigenvalue weighted by Crippen LogP contribution is 2.23. The molecule has 0 aliphatic rings. The monoisotopic (exact) mass is 298 g/mol.